The van der Waals surface area contributed by atoms with E-state index in [-0.39, 0.29) is 6.04 Å². The fourth-order valence-corrected chi connectivity index (χ4v) is 1.20. The maximum Gasteiger partial charge on any atom is 0.121 e. The molecule has 0 aliphatic carbocycles. The lowest BCUT2D eigenvalue weighted by Gasteiger charge is -2.09. The van der Waals surface area contributed by atoms with E-state index in [1.165, 1.54) is 5.56 Å². The Bertz CT molecular complexity index is 332. The molecule has 0 amide bonds. The summed E-state index contributed by atoms with van der Waals surface area (Å²) in [5.74, 6) is 0. The molecular formula is C12H14N2. The second kappa shape index (κ2) is 5.21. The first-order valence-electron chi connectivity index (χ1n) is 4.58. The van der Waals surface area contributed by atoms with Crippen LogP contribution in [0.1, 0.15) is 17.2 Å². The summed E-state index contributed by atoms with van der Waals surface area (Å²) in [7, 11) is 0. The molecule has 0 aliphatic rings. The third-order valence-corrected chi connectivity index (χ3v) is 2.01. The van der Waals surface area contributed by atoms with Gasteiger partial charge in [0.1, 0.15) is 6.04 Å². The van der Waals surface area contributed by atoms with E-state index in [1.807, 2.05) is 31.2 Å². The topological polar surface area (TPSA) is 35.8 Å². The van der Waals surface area contributed by atoms with Gasteiger partial charge in [0.25, 0.3) is 0 Å². The van der Waals surface area contributed by atoms with E-state index < -0.39 is 0 Å². The van der Waals surface area contributed by atoms with Crippen LogP contribution < -0.4 is 5.32 Å². The van der Waals surface area contributed by atoms with Crippen LogP contribution in [0.3, 0.4) is 0 Å². The van der Waals surface area contributed by atoms with E-state index in [2.05, 4.69) is 18.0 Å². The van der Waals surface area contributed by atoms with Crippen LogP contribution in [-0.4, -0.2) is 6.54 Å². The van der Waals surface area contributed by atoms with Gasteiger partial charge in [0.2, 0.25) is 0 Å². The lowest BCUT2D eigenvalue weighted by atomic mass is 10.1. The third-order valence-electron chi connectivity index (χ3n) is 2.01. The highest BCUT2D eigenvalue weighted by Crippen LogP contribution is 2.12. The van der Waals surface area contributed by atoms with Gasteiger partial charge in [0, 0.05) is 6.54 Å². The zero-order chi connectivity index (χ0) is 10.4. The van der Waals surface area contributed by atoms with Crippen LogP contribution in [0, 0.1) is 18.3 Å². The Morgan fingerprint density at radius 3 is 2.64 bits per heavy atom. The first-order valence-corrected chi connectivity index (χ1v) is 4.58. The summed E-state index contributed by atoms with van der Waals surface area (Å²) in [4.78, 5) is 0. The molecule has 2 nitrogen and oxygen atoms in total. The van der Waals surface area contributed by atoms with Crippen LogP contribution in [-0.2, 0) is 0 Å². The van der Waals surface area contributed by atoms with Crippen LogP contribution in [0.25, 0.3) is 0 Å². The quantitative estimate of drug-likeness (QED) is 0.732. The molecule has 14 heavy (non-hydrogen) atoms. The van der Waals surface area contributed by atoms with Crippen molar-refractivity contribution in [2.24, 2.45) is 0 Å². The average Bonchev–Trinajstić information content (AvgIpc) is 2.21. The summed E-state index contributed by atoms with van der Waals surface area (Å²) in [5.41, 5.74) is 2.20. The maximum absolute atomic E-state index is 8.93. The molecule has 0 fully saturated rings. The van der Waals surface area contributed by atoms with E-state index >= 15 is 0 Å². The lowest BCUT2D eigenvalue weighted by Crippen LogP contribution is -2.19. The fourth-order valence-electron chi connectivity index (χ4n) is 1.20. The summed E-state index contributed by atoms with van der Waals surface area (Å²) in [6.45, 7) is 6.28. The van der Waals surface area contributed by atoms with Crippen molar-refractivity contribution >= 4 is 0 Å². The predicted molar refractivity (Wildman–Crippen MR) is 57.7 cm³/mol. The Balaban J connectivity index is 2.74. The van der Waals surface area contributed by atoms with E-state index in [0.717, 1.165) is 5.56 Å². The summed E-state index contributed by atoms with van der Waals surface area (Å²) in [6.07, 6.45) is 1.75. The number of rotatable bonds is 4. The number of benzene rings is 1. The van der Waals surface area contributed by atoms with Crippen molar-refractivity contribution in [2.75, 3.05) is 6.54 Å². The minimum absolute atomic E-state index is 0.242. The summed E-state index contributed by atoms with van der Waals surface area (Å²) < 4.78 is 0. The van der Waals surface area contributed by atoms with Crippen LogP contribution >= 0.6 is 0 Å². The Labute approximate surface area is 84.9 Å². The van der Waals surface area contributed by atoms with Crippen LogP contribution in [0.5, 0.6) is 0 Å². The number of nitrogens with one attached hydrogen (secondary N) is 1. The van der Waals surface area contributed by atoms with E-state index in [1.54, 1.807) is 6.08 Å². The minimum atomic E-state index is -0.242. The van der Waals surface area contributed by atoms with Gasteiger partial charge in [-0.3, -0.25) is 5.32 Å². The minimum Gasteiger partial charge on any atom is -0.295 e. The van der Waals surface area contributed by atoms with Crippen molar-refractivity contribution in [3.05, 3.63) is 48.0 Å². The Morgan fingerprint density at radius 1 is 1.50 bits per heavy atom. The zero-order valence-electron chi connectivity index (χ0n) is 8.33. The molecule has 0 aromatic heterocycles. The molecule has 0 bridgehead atoms. The number of nitriles is 1. The summed E-state index contributed by atoms with van der Waals surface area (Å²) >= 11 is 0. The molecule has 0 spiro atoms. The van der Waals surface area contributed by atoms with Gasteiger partial charge in [-0.05, 0) is 12.5 Å². The van der Waals surface area contributed by atoms with Crippen molar-refractivity contribution in [3.63, 3.8) is 0 Å². The second-order valence-electron chi connectivity index (χ2n) is 3.17. The van der Waals surface area contributed by atoms with Crippen molar-refractivity contribution < 1.29 is 0 Å². The van der Waals surface area contributed by atoms with Crippen molar-refractivity contribution in [3.8, 4) is 6.07 Å². The van der Waals surface area contributed by atoms with Gasteiger partial charge in [0.15, 0.2) is 0 Å². The molecule has 1 N–H and O–H groups in total. The van der Waals surface area contributed by atoms with Gasteiger partial charge in [0.05, 0.1) is 6.07 Å². The zero-order valence-corrected chi connectivity index (χ0v) is 8.33. The molecule has 1 atom stereocenters. The Morgan fingerprint density at radius 2 is 2.14 bits per heavy atom. The van der Waals surface area contributed by atoms with Gasteiger partial charge in [-0.1, -0.05) is 35.9 Å². The first kappa shape index (κ1) is 10.5. The monoisotopic (exact) mass is 186 g/mol. The number of hydrogen-bond donors (Lipinski definition) is 1. The van der Waals surface area contributed by atoms with E-state index in [9.17, 15) is 0 Å². The predicted octanol–water partition coefficient (Wildman–Crippen LogP) is 2.34. The smallest absolute Gasteiger partial charge is 0.121 e. The molecule has 0 heterocycles. The highest BCUT2D eigenvalue weighted by atomic mass is 14.9. The largest absolute Gasteiger partial charge is 0.295 e. The van der Waals surface area contributed by atoms with Crippen LogP contribution in [0.2, 0.25) is 0 Å². The lowest BCUT2D eigenvalue weighted by molar-refractivity contribution is 0.683. The van der Waals surface area contributed by atoms with Crippen molar-refractivity contribution in [1.29, 1.82) is 5.26 Å². The molecule has 72 valence electrons. The molecule has 1 aromatic carbocycles. The molecule has 1 rings (SSSR count). The molecule has 0 radical (unpaired) electrons. The number of aryl methyl sites for hydroxylation is 1. The molecule has 0 saturated heterocycles. The van der Waals surface area contributed by atoms with Gasteiger partial charge >= 0.3 is 0 Å². The van der Waals surface area contributed by atoms with Gasteiger partial charge in [-0.2, -0.15) is 5.26 Å². The molecule has 2 heteroatoms. The fraction of sp³-hybridized carbons (Fsp3) is 0.250. The first-order chi connectivity index (χ1) is 6.77. The van der Waals surface area contributed by atoms with Crippen LogP contribution in [0.15, 0.2) is 36.9 Å². The third kappa shape index (κ3) is 2.72. The number of nitrogens with zero attached hydrogens (tertiary/aromatic N) is 1. The molecule has 1 aromatic rings. The van der Waals surface area contributed by atoms with Gasteiger partial charge in [-0.15, -0.1) is 6.58 Å². The molecule has 0 unspecified atom stereocenters. The average molecular weight is 186 g/mol. The van der Waals surface area contributed by atoms with Gasteiger partial charge < -0.3 is 0 Å². The maximum atomic E-state index is 8.93. The Hall–Kier alpha value is -1.59. The Kier molecular flexibility index (Phi) is 3.90. The number of hydrogen-bond acceptors (Lipinski definition) is 2. The highest BCUT2D eigenvalue weighted by molar-refractivity contribution is 5.27. The van der Waals surface area contributed by atoms with E-state index in [4.69, 9.17) is 5.26 Å². The van der Waals surface area contributed by atoms with Gasteiger partial charge in [-0.25, -0.2) is 0 Å². The van der Waals surface area contributed by atoms with E-state index in [0.29, 0.717) is 6.54 Å². The normalized spacial score (nSPS) is 11.7. The SMILES string of the molecule is C=CCN[C@H](C#N)c1ccc(C)cc1. The van der Waals surface area contributed by atoms with Crippen molar-refractivity contribution in [1.82, 2.24) is 5.32 Å². The highest BCUT2D eigenvalue weighted by Gasteiger charge is 2.07. The van der Waals surface area contributed by atoms with Crippen LogP contribution in [0.4, 0.5) is 0 Å². The summed E-state index contributed by atoms with van der Waals surface area (Å²) in [5, 5.41) is 12.0. The standard InChI is InChI=1S/C12H14N2/c1-3-8-14-12(9-13)11-6-4-10(2)5-7-11/h3-7,12,14H,1,8H2,2H3/t12-/m1/s1. The second-order valence-corrected chi connectivity index (χ2v) is 3.17. The molecule has 0 aliphatic heterocycles. The summed E-state index contributed by atoms with van der Waals surface area (Å²) in [6, 6.07) is 9.93. The molecular weight excluding hydrogens is 172 g/mol. The van der Waals surface area contributed by atoms with Crippen molar-refractivity contribution in [2.45, 2.75) is 13.0 Å². The molecule has 0 saturated carbocycles.